The molecule has 0 aromatic carbocycles. The van der Waals surface area contributed by atoms with Crippen molar-refractivity contribution in [3.05, 3.63) is 0 Å². The van der Waals surface area contributed by atoms with Crippen LogP contribution in [0.1, 0.15) is 27.2 Å². The Morgan fingerprint density at radius 1 is 1.15 bits per heavy atom. The molecule has 2 rings (SSSR count). The molecule has 2 aliphatic heterocycles. The third-order valence-corrected chi connectivity index (χ3v) is 3.59. The topological polar surface area (TPSA) is 6.48 Å². The summed E-state index contributed by atoms with van der Waals surface area (Å²) in [5.41, 5.74) is 0. The summed E-state index contributed by atoms with van der Waals surface area (Å²) < 4.78 is 0. The van der Waals surface area contributed by atoms with E-state index < -0.39 is 0 Å². The first kappa shape index (κ1) is 9.47. The van der Waals surface area contributed by atoms with E-state index in [0.717, 1.165) is 18.0 Å². The molecule has 0 aliphatic carbocycles. The van der Waals surface area contributed by atoms with E-state index in [0.29, 0.717) is 0 Å². The smallest absolute Gasteiger partial charge is 0.0226 e. The molecule has 0 aromatic heterocycles. The average Bonchev–Trinajstić information content (AvgIpc) is 2.42. The van der Waals surface area contributed by atoms with Crippen molar-refractivity contribution in [1.29, 1.82) is 0 Å². The second-order valence-corrected chi connectivity index (χ2v) is 5.08. The zero-order valence-corrected chi connectivity index (χ0v) is 9.16. The number of hydrogen-bond acceptors (Lipinski definition) is 2. The van der Waals surface area contributed by atoms with Gasteiger partial charge < -0.3 is 0 Å². The molecule has 0 unspecified atom stereocenters. The van der Waals surface area contributed by atoms with E-state index in [1.807, 2.05) is 0 Å². The molecule has 0 saturated carbocycles. The van der Waals surface area contributed by atoms with Crippen LogP contribution >= 0.6 is 0 Å². The van der Waals surface area contributed by atoms with Gasteiger partial charge in [0.2, 0.25) is 0 Å². The van der Waals surface area contributed by atoms with E-state index in [1.54, 1.807) is 0 Å². The first-order valence-electron chi connectivity index (χ1n) is 5.65. The van der Waals surface area contributed by atoms with Gasteiger partial charge in [-0.1, -0.05) is 6.92 Å². The van der Waals surface area contributed by atoms with Crippen molar-refractivity contribution in [2.24, 2.45) is 5.92 Å². The molecule has 0 spiro atoms. The van der Waals surface area contributed by atoms with Crippen LogP contribution in [0.2, 0.25) is 0 Å². The molecular weight excluding hydrogens is 160 g/mol. The Bertz CT molecular complexity index is 179. The Kier molecular flexibility index (Phi) is 2.61. The molecule has 2 atom stereocenters. The minimum Gasteiger partial charge on any atom is -0.298 e. The van der Waals surface area contributed by atoms with Gasteiger partial charge in [-0.3, -0.25) is 9.80 Å². The van der Waals surface area contributed by atoms with Crippen molar-refractivity contribution in [3.63, 3.8) is 0 Å². The highest BCUT2D eigenvalue weighted by atomic mass is 15.3. The Balaban J connectivity index is 1.93. The van der Waals surface area contributed by atoms with Crippen molar-refractivity contribution in [1.82, 2.24) is 9.80 Å². The van der Waals surface area contributed by atoms with Crippen LogP contribution in [0.3, 0.4) is 0 Å². The lowest BCUT2D eigenvalue weighted by Crippen LogP contribution is -2.52. The first-order valence-corrected chi connectivity index (χ1v) is 5.65. The van der Waals surface area contributed by atoms with Gasteiger partial charge >= 0.3 is 0 Å². The van der Waals surface area contributed by atoms with Crippen LogP contribution in [-0.2, 0) is 0 Å². The van der Waals surface area contributed by atoms with E-state index in [-0.39, 0.29) is 0 Å². The fourth-order valence-corrected chi connectivity index (χ4v) is 2.79. The number of hydrogen-bond donors (Lipinski definition) is 0. The summed E-state index contributed by atoms with van der Waals surface area (Å²) in [6.07, 6.45) is 1.42. The normalized spacial score (nSPS) is 36.9. The third-order valence-electron chi connectivity index (χ3n) is 3.59. The lowest BCUT2D eigenvalue weighted by Gasteiger charge is -2.39. The van der Waals surface area contributed by atoms with Crippen LogP contribution in [0.4, 0.5) is 0 Å². The summed E-state index contributed by atoms with van der Waals surface area (Å²) in [6.45, 7) is 12.2. The summed E-state index contributed by atoms with van der Waals surface area (Å²) in [4.78, 5) is 5.31. The molecule has 2 heterocycles. The molecule has 0 aromatic rings. The molecular formula is C11H22N2. The fourth-order valence-electron chi connectivity index (χ4n) is 2.79. The second-order valence-electron chi connectivity index (χ2n) is 5.08. The second kappa shape index (κ2) is 3.58. The van der Waals surface area contributed by atoms with Gasteiger partial charge in [0, 0.05) is 38.3 Å². The van der Waals surface area contributed by atoms with E-state index in [1.165, 1.54) is 32.6 Å². The van der Waals surface area contributed by atoms with Gasteiger partial charge in [0.25, 0.3) is 0 Å². The van der Waals surface area contributed by atoms with Crippen LogP contribution in [0, 0.1) is 5.92 Å². The summed E-state index contributed by atoms with van der Waals surface area (Å²) in [7, 11) is 0. The van der Waals surface area contributed by atoms with E-state index in [4.69, 9.17) is 0 Å². The SMILES string of the molecule is CC(C)N1CCN2C[C@H](C)C[C@@H]2C1. The zero-order chi connectivity index (χ0) is 9.42. The maximum atomic E-state index is 2.68. The molecule has 2 aliphatic rings. The molecule has 0 bridgehead atoms. The molecule has 13 heavy (non-hydrogen) atoms. The molecule has 0 amide bonds. The lowest BCUT2D eigenvalue weighted by molar-refractivity contribution is 0.0825. The van der Waals surface area contributed by atoms with Gasteiger partial charge in [0.1, 0.15) is 0 Å². The number of fused-ring (bicyclic) bond motifs is 1. The van der Waals surface area contributed by atoms with E-state index >= 15 is 0 Å². The Morgan fingerprint density at radius 2 is 1.92 bits per heavy atom. The van der Waals surface area contributed by atoms with Crippen molar-refractivity contribution < 1.29 is 0 Å². The van der Waals surface area contributed by atoms with E-state index in [2.05, 4.69) is 30.6 Å². The predicted molar refractivity (Wildman–Crippen MR) is 55.9 cm³/mol. The van der Waals surface area contributed by atoms with Crippen molar-refractivity contribution in [2.75, 3.05) is 26.2 Å². The minimum absolute atomic E-state index is 0.734. The largest absolute Gasteiger partial charge is 0.298 e. The summed E-state index contributed by atoms with van der Waals surface area (Å²) in [5, 5.41) is 0. The summed E-state index contributed by atoms with van der Waals surface area (Å²) in [6, 6.07) is 1.60. The predicted octanol–water partition coefficient (Wildman–Crippen LogP) is 1.42. The number of nitrogens with zero attached hydrogens (tertiary/aromatic N) is 2. The van der Waals surface area contributed by atoms with Crippen LogP contribution in [0.25, 0.3) is 0 Å². The van der Waals surface area contributed by atoms with Crippen molar-refractivity contribution in [3.8, 4) is 0 Å². The molecule has 2 heteroatoms. The van der Waals surface area contributed by atoms with Crippen molar-refractivity contribution in [2.45, 2.75) is 39.3 Å². The summed E-state index contributed by atoms with van der Waals surface area (Å²) >= 11 is 0. The molecule has 0 radical (unpaired) electrons. The van der Waals surface area contributed by atoms with Crippen molar-refractivity contribution >= 4 is 0 Å². The highest BCUT2D eigenvalue weighted by Gasteiger charge is 2.34. The Hall–Kier alpha value is -0.0800. The minimum atomic E-state index is 0.734. The van der Waals surface area contributed by atoms with Crippen LogP contribution < -0.4 is 0 Å². The Morgan fingerprint density at radius 3 is 2.62 bits per heavy atom. The summed E-state index contributed by atoms with van der Waals surface area (Å²) in [5.74, 6) is 0.928. The maximum absolute atomic E-state index is 2.68. The van der Waals surface area contributed by atoms with Gasteiger partial charge in [-0.25, -0.2) is 0 Å². The monoisotopic (exact) mass is 182 g/mol. The maximum Gasteiger partial charge on any atom is 0.0226 e. The fraction of sp³-hybridized carbons (Fsp3) is 1.00. The number of piperazine rings is 1. The quantitative estimate of drug-likeness (QED) is 0.605. The van der Waals surface area contributed by atoms with E-state index in [9.17, 15) is 0 Å². The average molecular weight is 182 g/mol. The molecule has 0 N–H and O–H groups in total. The third kappa shape index (κ3) is 1.89. The van der Waals surface area contributed by atoms with Crippen LogP contribution in [0.15, 0.2) is 0 Å². The molecule has 2 saturated heterocycles. The van der Waals surface area contributed by atoms with Crippen LogP contribution in [0.5, 0.6) is 0 Å². The molecule has 76 valence electrons. The van der Waals surface area contributed by atoms with Crippen LogP contribution in [-0.4, -0.2) is 48.1 Å². The first-order chi connectivity index (χ1) is 6.16. The highest BCUT2D eigenvalue weighted by Crippen LogP contribution is 2.26. The van der Waals surface area contributed by atoms with Gasteiger partial charge in [0.05, 0.1) is 0 Å². The Labute approximate surface area is 81.9 Å². The zero-order valence-electron chi connectivity index (χ0n) is 9.16. The molecule has 2 nitrogen and oxygen atoms in total. The molecule has 2 fully saturated rings. The number of rotatable bonds is 1. The standard InChI is InChI=1S/C11H22N2/c1-9(2)12-4-5-13-7-10(3)6-11(13)8-12/h9-11H,4-8H2,1-3H3/t10-,11-/m1/s1. The van der Waals surface area contributed by atoms with Gasteiger partial charge in [-0.15, -0.1) is 0 Å². The van der Waals surface area contributed by atoms with Gasteiger partial charge in [-0.2, -0.15) is 0 Å². The van der Waals surface area contributed by atoms with Gasteiger partial charge in [-0.05, 0) is 26.2 Å². The lowest BCUT2D eigenvalue weighted by atomic mass is 10.1. The van der Waals surface area contributed by atoms with Gasteiger partial charge in [0.15, 0.2) is 0 Å². The highest BCUT2D eigenvalue weighted by molar-refractivity contribution is 4.90.